The van der Waals surface area contributed by atoms with Gasteiger partial charge in [-0.1, -0.05) is 81.8 Å². The summed E-state index contributed by atoms with van der Waals surface area (Å²) < 4.78 is 11.8. The van der Waals surface area contributed by atoms with Gasteiger partial charge in [-0.05, 0) is 102 Å². The van der Waals surface area contributed by atoms with Crippen molar-refractivity contribution in [2.24, 2.45) is 4.99 Å². The minimum absolute atomic E-state index is 0.679. The van der Waals surface area contributed by atoms with Crippen molar-refractivity contribution in [1.82, 2.24) is 0 Å². The molecule has 4 heteroatoms. The number of hydrogen-bond donors (Lipinski definition) is 0. The van der Waals surface area contributed by atoms with Crippen molar-refractivity contribution in [2.75, 3.05) is 13.2 Å². The van der Waals surface area contributed by atoms with Crippen molar-refractivity contribution in [3.63, 3.8) is 0 Å². The maximum atomic E-state index is 8.94. The molecule has 216 valence electrons. The molecule has 0 aliphatic heterocycles. The first kappa shape index (κ1) is 30.6. The predicted octanol–water partition coefficient (Wildman–Crippen LogP) is 10.1. The van der Waals surface area contributed by atoms with Crippen LogP contribution < -0.4 is 9.47 Å². The van der Waals surface area contributed by atoms with Crippen molar-refractivity contribution < 1.29 is 9.47 Å². The van der Waals surface area contributed by atoms with Crippen LogP contribution in [0.1, 0.15) is 75.0 Å². The highest BCUT2D eigenvalue weighted by atomic mass is 16.5. The van der Waals surface area contributed by atoms with Gasteiger partial charge in [0.25, 0.3) is 0 Å². The lowest BCUT2D eigenvalue weighted by molar-refractivity contribution is 0.301. The molecule has 4 nitrogen and oxygen atoms in total. The van der Waals surface area contributed by atoms with Gasteiger partial charge in [-0.15, -0.1) is 0 Å². The zero-order chi connectivity index (χ0) is 29.2. The van der Waals surface area contributed by atoms with E-state index in [4.69, 9.17) is 14.7 Å². The molecule has 0 aromatic heterocycles. The van der Waals surface area contributed by atoms with Crippen LogP contribution in [0.4, 0.5) is 5.69 Å². The third kappa shape index (κ3) is 10.6. The quantitative estimate of drug-likeness (QED) is 0.0957. The summed E-state index contributed by atoms with van der Waals surface area (Å²) in [6.07, 6.45) is 12.6. The van der Waals surface area contributed by atoms with Crippen molar-refractivity contribution in [3.8, 4) is 28.7 Å². The molecule has 42 heavy (non-hydrogen) atoms. The first-order chi connectivity index (χ1) is 20.7. The van der Waals surface area contributed by atoms with Crippen LogP contribution in [0.3, 0.4) is 0 Å². The molecule has 4 aromatic rings. The minimum atomic E-state index is 0.679. The van der Waals surface area contributed by atoms with Crippen LogP contribution in [-0.4, -0.2) is 19.4 Å². The van der Waals surface area contributed by atoms with Crippen molar-refractivity contribution in [2.45, 2.75) is 64.7 Å². The standard InChI is InChI=1S/C38H42N2O2/c1-2-31-13-21-36(22-14-31)40-30-33-15-23-37(24-16-33)41-27-9-7-5-3-4-6-8-10-28-42-38-25-19-35(20-26-38)34-17-11-32(29-39)12-18-34/h11-26,30H,2-10,27-28H2,1H3. The maximum absolute atomic E-state index is 8.94. The third-order valence-corrected chi connectivity index (χ3v) is 7.37. The maximum Gasteiger partial charge on any atom is 0.119 e. The summed E-state index contributed by atoms with van der Waals surface area (Å²) in [6.45, 7) is 3.68. The van der Waals surface area contributed by atoms with Gasteiger partial charge in [0.2, 0.25) is 0 Å². The second-order valence-corrected chi connectivity index (χ2v) is 10.6. The average Bonchev–Trinajstić information content (AvgIpc) is 3.05. The molecule has 0 aliphatic carbocycles. The van der Waals surface area contributed by atoms with Gasteiger partial charge in [0.05, 0.1) is 30.5 Å². The van der Waals surface area contributed by atoms with Crippen LogP contribution in [0.5, 0.6) is 11.5 Å². The van der Waals surface area contributed by atoms with Gasteiger partial charge in [0.15, 0.2) is 0 Å². The summed E-state index contributed by atoms with van der Waals surface area (Å²) in [5, 5.41) is 8.94. The Hall–Kier alpha value is -4.36. The van der Waals surface area contributed by atoms with Crippen molar-refractivity contribution in [3.05, 3.63) is 114 Å². The van der Waals surface area contributed by atoms with Crippen LogP contribution in [0.25, 0.3) is 11.1 Å². The number of hydrogen-bond acceptors (Lipinski definition) is 4. The Morgan fingerprint density at radius 2 is 1.07 bits per heavy atom. The largest absolute Gasteiger partial charge is 0.494 e. The molecule has 4 rings (SSSR count). The average molecular weight is 559 g/mol. The van der Waals surface area contributed by atoms with E-state index in [9.17, 15) is 0 Å². The third-order valence-electron chi connectivity index (χ3n) is 7.37. The van der Waals surface area contributed by atoms with Crippen LogP contribution in [0.2, 0.25) is 0 Å². The topological polar surface area (TPSA) is 54.6 Å². The van der Waals surface area contributed by atoms with Gasteiger partial charge in [0, 0.05) is 6.21 Å². The second-order valence-electron chi connectivity index (χ2n) is 10.6. The fraction of sp³-hybridized carbons (Fsp3) is 0.316. The Balaban J connectivity index is 0.981. The molecule has 0 aliphatic rings. The number of aryl methyl sites for hydroxylation is 1. The monoisotopic (exact) mass is 558 g/mol. The van der Waals surface area contributed by atoms with Gasteiger partial charge >= 0.3 is 0 Å². The Morgan fingerprint density at radius 3 is 1.57 bits per heavy atom. The lowest BCUT2D eigenvalue weighted by Crippen LogP contribution is -1.98. The molecule has 0 radical (unpaired) electrons. The van der Waals surface area contributed by atoms with Crippen LogP contribution in [0, 0.1) is 11.3 Å². The Labute approximate surface area is 251 Å². The molecule has 0 unspecified atom stereocenters. The summed E-state index contributed by atoms with van der Waals surface area (Å²) >= 11 is 0. The number of nitriles is 1. The lowest BCUT2D eigenvalue weighted by atomic mass is 10.0. The molecule has 0 amide bonds. The van der Waals surface area contributed by atoms with Crippen LogP contribution >= 0.6 is 0 Å². The molecule has 0 atom stereocenters. The molecule has 0 bridgehead atoms. The second kappa shape index (κ2) is 17.5. The number of rotatable bonds is 17. The smallest absolute Gasteiger partial charge is 0.119 e. The summed E-state index contributed by atoms with van der Waals surface area (Å²) in [5.41, 5.74) is 6.29. The van der Waals surface area contributed by atoms with Gasteiger partial charge in [-0.25, -0.2) is 0 Å². The number of nitrogens with zero attached hydrogens (tertiary/aromatic N) is 2. The summed E-state index contributed by atoms with van der Waals surface area (Å²) in [5.74, 6) is 1.83. The summed E-state index contributed by atoms with van der Waals surface area (Å²) in [6, 6.07) is 34.5. The summed E-state index contributed by atoms with van der Waals surface area (Å²) in [7, 11) is 0. The molecule has 0 N–H and O–H groups in total. The van der Waals surface area contributed by atoms with E-state index in [2.05, 4.69) is 66.5 Å². The van der Waals surface area contributed by atoms with Crippen LogP contribution in [-0.2, 0) is 6.42 Å². The minimum Gasteiger partial charge on any atom is -0.494 e. The Kier molecular flexibility index (Phi) is 12.7. The number of unbranched alkanes of at least 4 members (excludes halogenated alkanes) is 7. The SMILES string of the molecule is CCc1ccc(N=Cc2ccc(OCCCCCCCCCCOc3ccc(-c4ccc(C#N)cc4)cc3)cc2)cc1. The fourth-order valence-corrected chi connectivity index (χ4v) is 4.74. The molecular formula is C38H42N2O2. The predicted molar refractivity (Wildman–Crippen MR) is 174 cm³/mol. The van der Waals surface area contributed by atoms with Crippen molar-refractivity contribution in [1.29, 1.82) is 5.26 Å². The normalized spacial score (nSPS) is 11.0. The van der Waals surface area contributed by atoms with E-state index >= 15 is 0 Å². The highest BCUT2D eigenvalue weighted by Crippen LogP contribution is 2.23. The first-order valence-corrected chi connectivity index (χ1v) is 15.3. The van der Waals surface area contributed by atoms with E-state index < -0.39 is 0 Å². The number of ether oxygens (including phenoxy) is 2. The lowest BCUT2D eigenvalue weighted by Gasteiger charge is -2.08. The van der Waals surface area contributed by atoms with Gasteiger partial charge < -0.3 is 9.47 Å². The number of benzene rings is 4. The highest BCUT2D eigenvalue weighted by Gasteiger charge is 2.01. The van der Waals surface area contributed by atoms with E-state index in [1.165, 1.54) is 44.1 Å². The highest BCUT2D eigenvalue weighted by molar-refractivity contribution is 5.82. The number of aliphatic imine (C=N–C) groups is 1. The van der Waals surface area contributed by atoms with Crippen molar-refractivity contribution >= 4 is 11.9 Å². The molecule has 0 spiro atoms. The zero-order valence-electron chi connectivity index (χ0n) is 24.8. The first-order valence-electron chi connectivity index (χ1n) is 15.3. The van der Waals surface area contributed by atoms with E-state index in [1.54, 1.807) is 0 Å². The van der Waals surface area contributed by atoms with Gasteiger partial charge in [-0.2, -0.15) is 5.26 Å². The Bertz CT molecular complexity index is 1380. The molecule has 0 heterocycles. The molecule has 0 saturated heterocycles. The molecule has 4 aromatic carbocycles. The van der Waals surface area contributed by atoms with Crippen LogP contribution in [0.15, 0.2) is 102 Å². The molecular weight excluding hydrogens is 516 g/mol. The van der Waals surface area contributed by atoms with E-state index in [0.29, 0.717) is 5.56 Å². The fourth-order valence-electron chi connectivity index (χ4n) is 4.74. The molecule has 0 saturated carbocycles. The van der Waals surface area contributed by atoms with Gasteiger partial charge in [0.1, 0.15) is 11.5 Å². The zero-order valence-corrected chi connectivity index (χ0v) is 24.8. The molecule has 0 fully saturated rings. The summed E-state index contributed by atoms with van der Waals surface area (Å²) in [4.78, 5) is 4.56. The van der Waals surface area contributed by atoms with E-state index in [0.717, 1.165) is 66.4 Å². The Morgan fingerprint density at radius 1 is 0.595 bits per heavy atom. The van der Waals surface area contributed by atoms with Gasteiger partial charge in [-0.3, -0.25) is 4.99 Å². The van der Waals surface area contributed by atoms with E-state index in [1.807, 2.05) is 54.7 Å². The van der Waals surface area contributed by atoms with E-state index in [-0.39, 0.29) is 0 Å².